The first-order chi connectivity index (χ1) is 10.0. The van der Waals surface area contributed by atoms with Crippen molar-refractivity contribution < 1.29 is 8.42 Å². The molecule has 3 heterocycles. The molecule has 0 aliphatic carbocycles. The molecule has 0 radical (unpaired) electrons. The third kappa shape index (κ3) is 2.64. The molecule has 1 aromatic rings. The Kier molecular flexibility index (Phi) is 3.87. The molecular formula is C13H21N5O2S. The first-order valence-electron chi connectivity index (χ1n) is 7.17. The van der Waals surface area contributed by atoms with Crippen molar-refractivity contribution in [1.29, 1.82) is 0 Å². The minimum atomic E-state index is -3.48. The number of sulfonamides is 1. The van der Waals surface area contributed by atoms with Crippen LogP contribution in [0.3, 0.4) is 0 Å². The van der Waals surface area contributed by atoms with Crippen molar-refractivity contribution in [3.63, 3.8) is 0 Å². The summed E-state index contributed by atoms with van der Waals surface area (Å²) in [6.07, 6.45) is 4.49. The number of rotatable bonds is 3. The molecule has 2 unspecified atom stereocenters. The Labute approximate surface area is 125 Å². The van der Waals surface area contributed by atoms with E-state index in [0.29, 0.717) is 31.0 Å². The average molecular weight is 311 g/mol. The zero-order chi connectivity index (χ0) is 15.0. The lowest BCUT2D eigenvalue weighted by Gasteiger charge is -2.25. The smallest absolute Gasteiger partial charge is 0.244 e. The van der Waals surface area contributed by atoms with E-state index in [2.05, 4.69) is 22.4 Å². The van der Waals surface area contributed by atoms with Crippen LogP contribution in [0.15, 0.2) is 23.2 Å². The van der Waals surface area contributed by atoms with E-state index in [1.165, 1.54) is 12.6 Å². The highest BCUT2D eigenvalue weighted by atomic mass is 32.2. The Morgan fingerprint density at radius 1 is 1.29 bits per heavy atom. The summed E-state index contributed by atoms with van der Waals surface area (Å²) < 4.78 is 27.1. The normalized spacial score (nSPS) is 27.5. The van der Waals surface area contributed by atoms with Crippen molar-refractivity contribution in [2.45, 2.75) is 36.2 Å². The highest BCUT2D eigenvalue weighted by Crippen LogP contribution is 2.30. The Morgan fingerprint density at radius 3 is 2.71 bits per heavy atom. The number of fused-ring (bicyclic) bond motifs is 2. The van der Waals surface area contributed by atoms with Gasteiger partial charge >= 0.3 is 0 Å². The van der Waals surface area contributed by atoms with Crippen LogP contribution in [-0.2, 0) is 10.0 Å². The summed E-state index contributed by atoms with van der Waals surface area (Å²) in [6, 6.07) is 3.95. The minimum Gasteiger partial charge on any atom is -0.308 e. The number of nitrogens with zero attached hydrogens (tertiary/aromatic N) is 3. The average Bonchev–Trinajstić information content (AvgIpc) is 2.71. The molecule has 0 amide bonds. The van der Waals surface area contributed by atoms with Gasteiger partial charge in [-0.05, 0) is 38.4 Å². The van der Waals surface area contributed by atoms with Crippen LogP contribution >= 0.6 is 0 Å². The summed E-state index contributed by atoms with van der Waals surface area (Å²) in [5.74, 6) is 5.70. The van der Waals surface area contributed by atoms with Gasteiger partial charge in [0.15, 0.2) is 0 Å². The molecule has 3 rings (SSSR count). The molecule has 8 heteroatoms. The number of likely N-dealkylation sites (N-methyl/N-ethyl adjacent to an activating group) is 1. The number of nitrogens with two attached hydrogens (primary N) is 1. The molecule has 1 aromatic heterocycles. The van der Waals surface area contributed by atoms with Crippen molar-refractivity contribution in [1.82, 2.24) is 14.2 Å². The van der Waals surface area contributed by atoms with E-state index in [4.69, 9.17) is 5.84 Å². The molecule has 2 bridgehead atoms. The summed E-state index contributed by atoms with van der Waals surface area (Å²) in [5, 5.41) is 0. The molecule has 7 nitrogen and oxygen atoms in total. The van der Waals surface area contributed by atoms with Crippen molar-refractivity contribution in [2.75, 3.05) is 25.6 Å². The van der Waals surface area contributed by atoms with Gasteiger partial charge in [-0.1, -0.05) is 0 Å². The molecule has 0 spiro atoms. The van der Waals surface area contributed by atoms with Crippen molar-refractivity contribution in [3.05, 3.63) is 18.3 Å². The van der Waals surface area contributed by atoms with Gasteiger partial charge in [0.25, 0.3) is 0 Å². The number of nitrogen functional groups attached to an aromatic ring is 1. The van der Waals surface area contributed by atoms with Gasteiger partial charge < -0.3 is 5.43 Å². The summed E-state index contributed by atoms with van der Waals surface area (Å²) in [4.78, 5) is 6.54. The second-order valence-electron chi connectivity index (χ2n) is 5.73. The maximum atomic E-state index is 12.7. The summed E-state index contributed by atoms with van der Waals surface area (Å²) in [7, 11) is -1.38. The molecule has 0 saturated carbocycles. The van der Waals surface area contributed by atoms with Gasteiger partial charge in [0.2, 0.25) is 10.0 Å². The van der Waals surface area contributed by atoms with Crippen molar-refractivity contribution >= 4 is 15.8 Å². The third-order valence-corrected chi connectivity index (χ3v) is 6.48. The van der Waals surface area contributed by atoms with Gasteiger partial charge in [-0.2, -0.15) is 4.31 Å². The molecule has 0 aromatic carbocycles. The number of anilines is 1. The summed E-state index contributed by atoms with van der Waals surface area (Å²) in [5.41, 5.74) is 2.40. The second kappa shape index (κ2) is 5.53. The number of pyridine rings is 1. The standard InChI is InChI=1S/C13H21N5O2S/c1-17-10-2-3-11(17)9-18(7-6-10)21(19,20)12-4-5-13(16-14)15-8-12/h4-5,8,10-11H,2-3,6-7,9,14H2,1H3,(H,15,16). The maximum Gasteiger partial charge on any atom is 0.244 e. The van der Waals surface area contributed by atoms with E-state index >= 15 is 0 Å². The topological polar surface area (TPSA) is 91.6 Å². The molecule has 3 N–H and O–H groups in total. The van der Waals surface area contributed by atoms with Gasteiger partial charge in [0, 0.05) is 31.4 Å². The third-order valence-electron chi connectivity index (χ3n) is 4.63. The highest BCUT2D eigenvalue weighted by molar-refractivity contribution is 7.89. The summed E-state index contributed by atoms with van der Waals surface area (Å²) in [6.45, 7) is 1.14. The quantitative estimate of drug-likeness (QED) is 0.613. The van der Waals surface area contributed by atoms with E-state index in [1.807, 2.05) is 0 Å². The van der Waals surface area contributed by atoms with Crippen LogP contribution < -0.4 is 11.3 Å². The predicted octanol–water partition coefficient (Wildman–Crippen LogP) is 0.224. The second-order valence-corrected chi connectivity index (χ2v) is 7.66. The Balaban J connectivity index is 1.84. The molecule has 2 aliphatic heterocycles. The number of hydrogen-bond donors (Lipinski definition) is 2. The fourth-order valence-corrected chi connectivity index (χ4v) is 4.70. The summed E-state index contributed by atoms with van der Waals surface area (Å²) >= 11 is 0. The van der Waals surface area contributed by atoms with Gasteiger partial charge in [-0.15, -0.1) is 0 Å². The molecule has 116 valence electrons. The first-order valence-corrected chi connectivity index (χ1v) is 8.61. The first kappa shape index (κ1) is 14.7. The largest absolute Gasteiger partial charge is 0.308 e. The van der Waals surface area contributed by atoms with Crippen LogP contribution in [0.25, 0.3) is 0 Å². The van der Waals surface area contributed by atoms with Crippen LogP contribution in [0.4, 0.5) is 5.82 Å². The van der Waals surface area contributed by atoms with E-state index < -0.39 is 10.0 Å². The number of hydrazine groups is 1. The fourth-order valence-electron chi connectivity index (χ4n) is 3.26. The molecular weight excluding hydrogens is 290 g/mol. The van der Waals surface area contributed by atoms with Crippen LogP contribution in [0.2, 0.25) is 0 Å². The fraction of sp³-hybridized carbons (Fsp3) is 0.615. The Morgan fingerprint density at radius 2 is 2.05 bits per heavy atom. The zero-order valence-electron chi connectivity index (χ0n) is 12.1. The monoisotopic (exact) mass is 311 g/mol. The maximum absolute atomic E-state index is 12.7. The lowest BCUT2D eigenvalue weighted by molar-refractivity contribution is 0.246. The lowest BCUT2D eigenvalue weighted by Crippen LogP contribution is -2.39. The van der Waals surface area contributed by atoms with Gasteiger partial charge in [-0.25, -0.2) is 19.2 Å². The van der Waals surface area contributed by atoms with Gasteiger partial charge in [-0.3, -0.25) is 4.90 Å². The molecule has 2 fully saturated rings. The Bertz CT molecular complexity index is 603. The van der Waals surface area contributed by atoms with E-state index in [1.54, 1.807) is 16.4 Å². The molecule has 2 atom stereocenters. The zero-order valence-corrected chi connectivity index (χ0v) is 12.9. The van der Waals surface area contributed by atoms with Crippen LogP contribution in [0.5, 0.6) is 0 Å². The van der Waals surface area contributed by atoms with E-state index in [0.717, 1.165) is 12.8 Å². The van der Waals surface area contributed by atoms with Gasteiger partial charge in [0.05, 0.1) is 0 Å². The molecule has 21 heavy (non-hydrogen) atoms. The SMILES string of the molecule is CN1C2CCC1CN(S(=O)(=O)c1ccc(NN)nc1)CC2. The van der Waals surface area contributed by atoms with Crippen molar-refractivity contribution in [2.24, 2.45) is 5.84 Å². The van der Waals surface area contributed by atoms with Crippen LogP contribution in [0, 0.1) is 0 Å². The van der Waals surface area contributed by atoms with Crippen LogP contribution in [0.1, 0.15) is 19.3 Å². The van der Waals surface area contributed by atoms with Crippen LogP contribution in [-0.4, -0.2) is 54.8 Å². The highest BCUT2D eigenvalue weighted by Gasteiger charge is 2.38. The van der Waals surface area contributed by atoms with Crippen molar-refractivity contribution in [3.8, 4) is 0 Å². The molecule has 2 saturated heterocycles. The van der Waals surface area contributed by atoms with E-state index in [-0.39, 0.29) is 4.90 Å². The number of hydrogen-bond acceptors (Lipinski definition) is 6. The lowest BCUT2D eigenvalue weighted by atomic mass is 10.1. The van der Waals surface area contributed by atoms with Gasteiger partial charge in [0.1, 0.15) is 10.7 Å². The Hall–Kier alpha value is -1.22. The number of aromatic nitrogens is 1. The minimum absolute atomic E-state index is 0.224. The predicted molar refractivity (Wildman–Crippen MR) is 80.0 cm³/mol. The molecule has 2 aliphatic rings. The van der Waals surface area contributed by atoms with E-state index in [9.17, 15) is 8.42 Å². The number of nitrogens with one attached hydrogen (secondary N) is 1.